The maximum Gasteiger partial charge on any atom is 0.120 e. The average molecular weight is 294 g/mol. The van der Waals surface area contributed by atoms with E-state index in [0.29, 0.717) is 6.61 Å². The largest absolute Gasteiger partial charge is 0.492 e. The van der Waals surface area contributed by atoms with Gasteiger partial charge in [0.2, 0.25) is 0 Å². The summed E-state index contributed by atoms with van der Waals surface area (Å²) < 4.78 is 8.90. The SMILES string of the molecule is Cc1cn(CCOc2cccc(Br)c2)cc1C. The van der Waals surface area contributed by atoms with Crippen molar-refractivity contribution in [2.24, 2.45) is 0 Å². The predicted molar refractivity (Wildman–Crippen MR) is 73.5 cm³/mol. The van der Waals surface area contributed by atoms with Gasteiger partial charge < -0.3 is 9.30 Å². The van der Waals surface area contributed by atoms with Crippen molar-refractivity contribution in [3.8, 4) is 5.75 Å². The van der Waals surface area contributed by atoms with E-state index in [2.05, 4.69) is 46.7 Å². The molecule has 0 aliphatic heterocycles. The highest BCUT2D eigenvalue weighted by atomic mass is 79.9. The zero-order valence-electron chi connectivity index (χ0n) is 10.1. The first-order valence-electron chi connectivity index (χ1n) is 5.66. The van der Waals surface area contributed by atoms with E-state index in [9.17, 15) is 0 Å². The molecule has 2 nitrogen and oxygen atoms in total. The van der Waals surface area contributed by atoms with Crippen LogP contribution in [0.5, 0.6) is 5.75 Å². The van der Waals surface area contributed by atoms with E-state index in [1.807, 2.05) is 24.3 Å². The van der Waals surface area contributed by atoms with Crippen LogP contribution in [0.4, 0.5) is 0 Å². The molecule has 1 aromatic carbocycles. The topological polar surface area (TPSA) is 14.2 Å². The first-order chi connectivity index (χ1) is 8.15. The fourth-order valence-electron chi connectivity index (χ4n) is 1.69. The highest BCUT2D eigenvalue weighted by Crippen LogP contribution is 2.17. The highest BCUT2D eigenvalue weighted by molar-refractivity contribution is 9.10. The Bertz CT molecular complexity index is 485. The van der Waals surface area contributed by atoms with Gasteiger partial charge >= 0.3 is 0 Å². The summed E-state index contributed by atoms with van der Waals surface area (Å²) in [5.74, 6) is 0.903. The van der Waals surface area contributed by atoms with Crippen LogP contribution in [-0.2, 0) is 6.54 Å². The predicted octanol–water partition coefficient (Wildman–Crippen LogP) is 3.95. The molecule has 0 bridgehead atoms. The summed E-state index contributed by atoms with van der Waals surface area (Å²) in [4.78, 5) is 0. The summed E-state index contributed by atoms with van der Waals surface area (Å²) in [5.41, 5.74) is 2.65. The zero-order valence-corrected chi connectivity index (χ0v) is 11.7. The van der Waals surface area contributed by atoms with Crippen LogP contribution in [0.1, 0.15) is 11.1 Å². The molecular formula is C14H16BrNO. The Hall–Kier alpha value is -1.22. The monoisotopic (exact) mass is 293 g/mol. The number of halogens is 1. The minimum absolute atomic E-state index is 0.685. The molecule has 17 heavy (non-hydrogen) atoms. The summed E-state index contributed by atoms with van der Waals surface area (Å²) in [6.07, 6.45) is 4.30. The normalized spacial score (nSPS) is 10.5. The Morgan fingerprint density at radius 1 is 1.18 bits per heavy atom. The van der Waals surface area contributed by atoms with Gasteiger partial charge in [0.25, 0.3) is 0 Å². The number of benzene rings is 1. The molecule has 90 valence electrons. The first kappa shape index (κ1) is 12.2. The molecule has 3 heteroatoms. The molecule has 0 spiro atoms. The fourth-order valence-corrected chi connectivity index (χ4v) is 2.07. The van der Waals surface area contributed by atoms with Crippen LogP contribution in [-0.4, -0.2) is 11.2 Å². The van der Waals surface area contributed by atoms with Gasteiger partial charge in [0, 0.05) is 16.9 Å². The minimum atomic E-state index is 0.685. The van der Waals surface area contributed by atoms with E-state index in [-0.39, 0.29) is 0 Å². The molecule has 1 heterocycles. The summed E-state index contributed by atoms with van der Waals surface area (Å²) in [7, 11) is 0. The van der Waals surface area contributed by atoms with E-state index in [1.165, 1.54) is 11.1 Å². The molecule has 2 rings (SSSR count). The second-order valence-corrected chi connectivity index (χ2v) is 5.08. The van der Waals surface area contributed by atoms with Crippen molar-refractivity contribution in [3.63, 3.8) is 0 Å². The molecule has 0 N–H and O–H groups in total. The summed E-state index contributed by atoms with van der Waals surface area (Å²) in [6, 6.07) is 7.91. The summed E-state index contributed by atoms with van der Waals surface area (Å²) in [6.45, 7) is 5.81. The van der Waals surface area contributed by atoms with Crippen LogP contribution in [0.15, 0.2) is 41.1 Å². The standard InChI is InChI=1S/C14H16BrNO/c1-11-9-16(10-12(11)2)6-7-17-14-5-3-4-13(15)8-14/h3-5,8-10H,6-7H2,1-2H3. The van der Waals surface area contributed by atoms with Crippen LogP contribution in [0, 0.1) is 13.8 Å². The van der Waals surface area contributed by atoms with Crippen LogP contribution >= 0.6 is 15.9 Å². The zero-order chi connectivity index (χ0) is 12.3. The number of nitrogens with zero attached hydrogens (tertiary/aromatic N) is 1. The third-order valence-electron chi connectivity index (χ3n) is 2.76. The number of hydrogen-bond donors (Lipinski definition) is 0. The number of rotatable bonds is 4. The molecule has 0 fully saturated rings. The van der Waals surface area contributed by atoms with Crippen LogP contribution in [0.2, 0.25) is 0 Å². The van der Waals surface area contributed by atoms with Gasteiger partial charge in [-0.25, -0.2) is 0 Å². The van der Waals surface area contributed by atoms with Crippen LogP contribution in [0.3, 0.4) is 0 Å². The quantitative estimate of drug-likeness (QED) is 0.833. The molecule has 0 atom stereocenters. The Morgan fingerprint density at radius 2 is 1.88 bits per heavy atom. The first-order valence-corrected chi connectivity index (χ1v) is 6.46. The van der Waals surface area contributed by atoms with E-state index in [4.69, 9.17) is 4.74 Å². The molecule has 0 saturated heterocycles. The van der Waals surface area contributed by atoms with Crippen LogP contribution < -0.4 is 4.74 Å². The van der Waals surface area contributed by atoms with Crippen molar-refractivity contribution in [2.45, 2.75) is 20.4 Å². The van der Waals surface area contributed by atoms with Crippen molar-refractivity contribution < 1.29 is 4.74 Å². The Kier molecular flexibility index (Phi) is 3.89. The van der Waals surface area contributed by atoms with Gasteiger partial charge in [0.05, 0.1) is 6.54 Å². The van der Waals surface area contributed by atoms with E-state index >= 15 is 0 Å². The Morgan fingerprint density at radius 3 is 2.53 bits per heavy atom. The second-order valence-electron chi connectivity index (χ2n) is 4.17. The molecule has 2 aromatic rings. The lowest BCUT2D eigenvalue weighted by atomic mass is 10.2. The van der Waals surface area contributed by atoms with Gasteiger partial charge in [-0.05, 0) is 43.2 Å². The van der Waals surface area contributed by atoms with Gasteiger partial charge in [0.15, 0.2) is 0 Å². The van der Waals surface area contributed by atoms with Crippen molar-refractivity contribution in [1.29, 1.82) is 0 Å². The number of hydrogen-bond acceptors (Lipinski definition) is 1. The van der Waals surface area contributed by atoms with Gasteiger partial charge in [-0.3, -0.25) is 0 Å². The maximum absolute atomic E-state index is 5.69. The lowest BCUT2D eigenvalue weighted by Crippen LogP contribution is -2.06. The third kappa shape index (κ3) is 3.37. The molecule has 0 aliphatic carbocycles. The van der Waals surface area contributed by atoms with E-state index in [1.54, 1.807) is 0 Å². The Labute approximate surface area is 110 Å². The van der Waals surface area contributed by atoms with Gasteiger partial charge in [-0.2, -0.15) is 0 Å². The maximum atomic E-state index is 5.69. The van der Waals surface area contributed by atoms with Crippen molar-refractivity contribution >= 4 is 15.9 Å². The smallest absolute Gasteiger partial charge is 0.120 e. The van der Waals surface area contributed by atoms with E-state index in [0.717, 1.165) is 16.8 Å². The lowest BCUT2D eigenvalue weighted by molar-refractivity contribution is 0.298. The third-order valence-corrected chi connectivity index (χ3v) is 3.25. The molecule has 0 saturated carbocycles. The summed E-state index contributed by atoms with van der Waals surface area (Å²) >= 11 is 3.43. The van der Waals surface area contributed by atoms with Crippen molar-refractivity contribution in [3.05, 3.63) is 52.3 Å². The highest BCUT2D eigenvalue weighted by Gasteiger charge is 1.99. The molecule has 0 unspecified atom stereocenters. The molecule has 0 radical (unpaired) electrons. The van der Waals surface area contributed by atoms with Gasteiger partial charge in [-0.15, -0.1) is 0 Å². The average Bonchev–Trinajstić information content (AvgIpc) is 2.58. The second kappa shape index (κ2) is 5.41. The number of ether oxygens (including phenoxy) is 1. The van der Waals surface area contributed by atoms with Gasteiger partial charge in [0.1, 0.15) is 12.4 Å². The molecule has 1 aromatic heterocycles. The fraction of sp³-hybridized carbons (Fsp3) is 0.286. The van der Waals surface area contributed by atoms with Crippen molar-refractivity contribution in [2.75, 3.05) is 6.61 Å². The summed E-state index contributed by atoms with van der Waals surface area (Å²) in [5, 5.41) is 0. The van der Waals surface area contributed by atoms with Crippen LogP contribution in [0.25, 0.3) is 0 Å². The van der Waals surface area contributed by atoms with Crippen molar-refractivity contribution in [1.82, 2.24) is 4.57 Å². The number of aromatic nitrogens is 1. The number of aryl methyl sites for hydroxylation is 2. The minimum Gasteiger partial charge on any atom is -0.492 e. The molecular weight excluding hydrogens is 278 g/mol. The molecule has 0 amide bonds. The molecule has 0 aliphatic rings. The van der Waals surface area contributed by atoms with Gasteiger partial charge in [-0.1, -0.05) is 22.0 Å². The Balaban J connectivity index is 1.87. The van der Waals surface area contributed by atoms with E-state index < -0.39 is 0 Å². The lowest BCUT2D eigenvalue weighted by Gasteiger charge is -2.07.